The Hall–Kier alpha value is -1.10. The van der Waals surface area contributed by atoms with Gasteiger partial charge in [0.1, 0.15) is 0 Å². The smallest absolute Gasteiger partial charge is 0.265 e. The molecule has 0 aliphatic rings. The first kappa shape index (κ1) is 12.0. The lowest BCUT2D eigenvalue weighted by Crippen LogP contribution is -2.15. The minimum absolute atomic E-state index is 0.172. The Labute approximate surface area is 90.6 Å². The number of hydrogen-bond acceptors (Lipinski definition) is 5. The van der Waals surface area contributed by atoms with E-state index in [4.69, 9.17) is 10.3 Å². The van der Waals surface area contributed by atoms with E-state index in [-0.39, 0.29) is 5.92 Å². The number of nitrogens with two attached hydrogens (primary N) is 1. The summed E-state index contributed by atoms with van der Waals surface area (Å²) < 4.78 is 5.20. The zero-order valence-electron chi connectivity index (χ0n) is 9.90. The topological polar surface area (TPSA) is 68.2 Å². The van der Waals surface area contributed by atoms with E-state index < -0.39 is 0 Å². The maximum Gasteiger partial charge on any atom is 0.265 e. The molecule has 86 valence electrons. The zero-order chi connectivity index (χ0) is 11.4. The molecule has 0 aliphatic carbocycles. The highest BCUT2D eigenvalue weighted by atomic mass is 16.5. The normalized spacial score (nSPS) is 13.2. The summed E-state index contributed by atoms with van der Waals surface area (Å²) in [6.07, 6.45) is 0.978. The van der Waals surface area contributed by atoms with Crippen LogP contribution in [-0.2, 0) is 0 Å². The summed E-state index contributed by atoms with van der Waals surface area (Å²) in [6.45, 7) is 4.87. The van der Waals surface area contributed by atoms with Crippen molar-refractivity contribution >= 4 is 5.95 Å². The van der Waals surface area contributed by atoms with Crippen LogP contribution in [-0.4, -0.2) is 30.8 Å². The van der Waals surface area contributed by atoms with Gasteiger partial charge >= 0.3 is 0 Å². The minimum atomic E-state index is 0.172. The molecule has 0 amide bonds. The Bertz CT molecular complexity index is 295. The van der Waals surface area contributed by atoms with Crippen LogP contribution < -0.4 is 10.6 Å². The van der Waals surface area contributed by atoms with Crippen LogP contribution in [0.5, 0.6) is 0 Å². The molecule has 0 aromatic carbocycles. The van der Waals surface area contributed by atoms with Gasteiger partial charge in [0.2, 0.25) is 5.89 Å². The van der Waals surface area contributed by atoms with Crippen LogP contribution in [0, 0.1) is 5.92 Å². The number of hydrogen-bond donors (Lipinski definition) is 1. The van der Waals surface area contributed by atoms with Gasteiger partial charge in [-0.3, -0.25) is 0 Å². The lowest BCUT2D eigenvalue weighted by Gasteiger charge is -2.12. The molecule has 0 saturated carbocycles. The highest BCUT2D eigenvalue weighted by Crippen LogP contribution is 2.22. The van der Waals surface area contributed by atoms with Crippen LogP contribution in [0.4, 0.5) is 5.95 Å². The fraction of sp³-hybridized carbons (Fsp3) is 0.800. The number of aromatic nitrogens is 2. The molecule has 1 unspecified atom stereocenters. The first-order chi connectivity index (χ1) is 7.04. The van der Waals surface area contributed by atoms with E-state index in [2.05, 4.69) is 24.0 Å². The molecule has 1 rings (SSSR count). The van der Waals surface area contributed by atoms with Gasteiger partial charge in [0.15, 0.2) is 0 Å². The molecule has 1 aromatic rings. The van der Waals surface area contributed by atoms with Crippen molar-refractivity contribution in [3.8, 4) is 0 Å². The third kappa shape index (κ3) is 3.20. The predicted molar refractivity (Wildman–Crippen MR) is 59.9 cm³/mol. The van der Waals surface area contributed by atoms with E-state index in [1.807, 2.05) is 19.0 Å². The summed E-state index contributed by atoms with van der Waals surface area (Å²) in [5.74, 6) is 2.00. The van der Waals surface area contributed by atoms with Gasteiger partial charge in [-0.15, -0.1) is 0 Å². The van der Waals surface area contributed by atoms with Crippen LogP contribution in [0.2, 0.25) is 0 Å². The van der Waals surface area contributed by atoms with E-state index in [1.165, 1.54) is 0 Å². The molecule has 15 heavy (non-hydrogen) atoms. The van der Waals surface area contributed by atoms with Gasteiger partial charge in [-0.1, -0.05) is 13.8 Å². The standard InChI is InChI=1S/C10H20N4O/c1-7(2)5-8(6-11)9-12-10(13-15-9)14(3)4/h7-8H,5-6,11H2,1-4H3. The third-order valence-electron chi connectivity index (χ3n) is 2.22. The van der Waals surface area contributed by atoms with Gasteiger partial charge in [0, 0.05) is 20.6 Å². The molecule has 1 aromatic heterocycles. The molecule has 0 fully saturated rings. The highest BCUT2D eigenvalue weighted by molar-refractivity contribution is 5.24. The fourth-order valence-corrected chi connectivity index (χ4v) is 1.44. The van der Waals surface area contributed by atoms with Gasteiger partial charge in [-0.2, -0.15) is 4.98 Å². The molecule has 5 nitrogen and oxygen atoms in total. The Morgan fingerprint density at radius 2 is 2.07 bits per heavy atom. The van der Waals surface area contributed by atoms with Crippen LogP contribution in [0.3, 0.4) is 0 Å². The Morgan fingerprint density at radius 3 is 2.47 bits per heavy atom. The quantitative estimate of drug-likeness (QED) is 0.795. The molecular weight excluding hydrogens is 192 g/mol. The summed E-state index contributed by atoms with van der Waals surface area (Å²) >= 11 is 0. The Morgan fingerprint density at radius 1 is 1.40 bits per heavy atom. The largest absolute Gasteiger partial charge is 0.344 e. The molecule has 0 saturated heterocycles. The van der Waals surface area contributed by atoms with Crippen molar-refractivity contribution in [1.82, 2.24) is 10.1 Å². The van der Waals surface area contributed by atoms with E-state index in [0.29, 0.717) is 24.3 Å². The van der Waals surface area contributed by atoms with Gasteiger partial charge < -0.3 is 15.2 Å². The van der Waals surface area contributed by atoms with Gasteiger partial charge in [0.05, 0.1) is 5.92 Å². The van der Waals surface area contributed by atoms with E-state index in [9.17, 15) is 0 Å². The van der Waals surface area contributed by atoms with Crippen LogP contribution in [0.15, 0.2) is 4.52 Å². The highest BCUT2D eigenvalue weighted by Gasteiger charge is 2.19. The average Bonchev–Trinajstić information content (AvgIpc) is 2.62. The van der Waals surface area contributed by atoms with Crippen LogP contribution in [0.1, 0.15) is 32.1 Å². The summed E-state index contributed by atoms with van der Waals surface area (Å²) in [6, 6.07) is 0. The van der Waals surface area contributed by atoms with Crippen LogP contribution >= 0.6 is 0 Å². The van der Waals surface area contributed by atoms with Gasteiger partial charge in [-0.05, 0) is 17.5 Å². The zero-order valence-corrected chi connectivity index (χ0v) is 9.90. The fourth-order valence-electron chi connectivity index (χ4n) is 1.44. The van der Waals surface area contributed by atoms with E-state index >= 15 is 0 Å². The summed E-state index contributed by atoms with van der Waals surface area (Å²) in [5.41, 5.74) is 5.70. The number of anilines is 1. The maximum absolute atomic E-state index is 5.70. The molecular formula is C10H20N4O. The second kappa shape index (κ2) is 5.11. The monoisotopic (exact) mass is 212 g/mol. The summed E-state index contributed by atoms with van der Waals surface area (Å²) in [7, 11) is 3.77. The molecule has 0 radical (unpaired) electrons. The van der Waals surface area contributed by atoms with Crippen molar-refractivity contribution in [2.75, 3.05) is 25.5 Å². The molecule has 0 spiro atoms. The second-order valence-electron chi connectivity index (χ2n) is 4.39. The first-order valence-corrected chi connectivity index (χ1v) is 5.25. The summed E-state index contributed by atoms with van der Waals surface area (Å²) in [5, 5.41) is 3.88. The molecule has 5 heteroatoms. The summed E-state index contributed by atoms with van der Waals surface area (Å²) in [4.78, 5) is 6.12. The number of rotatable bonds is 5. The lowest BCUT2D eigenvalue weighted by molar-refractivity contribution is 0.334. The van der Waals surface area contributed by atoms with Crippen molar-refractivity contribution in [2.45, 2.75) is 26.2 Å². The van der Waals surface area contributed by atoms with E-state index in [0.717, 1.165) is 6.42 Å². The first-order valence-electron chi connectivity index (χ1n) is 5.25. The van der Waals surface area contributed by atoms with Crippen molar-refractivity contribution < 1.29 is 4.52 Å². The Kier molecular flexibility index (Phi) is 4.08. The second-order valence-corrected chi connectivity index (χ2v) is 4.39. The maximum atomic E-state index is 5.70. The van der Waals surface area contributed by atoms with Gasteiger partial charge in [-0.25, -0.2) is 0 Å². The van der Waals surface area contributed by atoms with Crippen molar-refractivity contribution in [3.63, 3.8) is 0 Å². The van der Waals surface area contributed by atoms with Crippen molar-refractivity contribution in [1.29, 1.82) is 0 Å². The third-order valence-corrected chi connectivity index (χ3v) is 2.22. The lowest BCUT2D eigenvalue weighted by atomic mass is 9.97. The molecule has 2 N–H and O–H groups in total. The molecule has 0 bridgehead atoms. The Balaban J connectivity index is 2.74. The molecule has 1 atom stereocenters. The van der Waals surface area contributed by atoms with Crippen molar-refractivity contribution in [3.05, 3.63) is 5.89 Å². The van der Waals surface area contributed by atoms with Crippen LogP contribution in [0.25, 0.3) is 0 Å². The minimum Gasteiger partial charge on any atom is -0.344 e. The number of nitrogens with zero attached hydrogens (tertiary/aromatic N) is 3. The predicted octanol–water partition coefficient (Wildman–Crippen LogP) is 1.22. The van der Waals surface area contributed by atoms with Gasteiger partial charge in [0.25, 0.3) is 5.95 Å². The SMILES string of the molecule is CC(C)CC(CN)c1nc(N(C)C)no1. The van der Waals surface area contributed by atoms with E-state index in [1.54, 1.807) is 0 Å². The molecule has 1 heterocycles. The van der Waals surface area contributed by atoms with Crippen molar-refractivity contribution in [2.24, 2.45) is 11.7 Å². The average molecular weight is 212 g/mol. The molecule has 0 aliphatic heterocycles.